The average molecular weight is 491 g/mol. The third kappa shape index (κ3) is 5.08. The molecule has 1 N–H and O–H groups in total. The standard InChI is InChI=1S/C28H34N4O4/c1-19(2)18-31-27(34)25(20(3)32(28(31)35)22-10-6-5-7-11-22)30-16-14-21(15-17-30)26(33)29-23-12-8-9-13-24(23)36-4/h5-13,19,21H,14-18H2,1-4H3,(H,29,33). The van der Waals surface area contributed by atoms with Gasteiger partial charge in [0.2, 0.25) is 5.91 Å². The Morgan fingerprint density at radius 1 is 1.03 bits per heavy atom. The van der Waals surface area contributed by atoms with Crippen LogP contribution < -0.4 is 26.2 Å². The van der Waals surface area contributed by atoms with Gasteiger partial charge in [0.1, 0.15) is 11.4 Å². The minimum absolute atomic E-state index is 0.0534. The molecule has 0 radical (unpaired) electrons. The van der Waals surface area contributed by atoms with Crippen LogP contribution in [0, 0.1) is 18.8 Å². The highest BCUT2D eigenvalue weighted by Crippen LogP contribution is 2.28. The number of aromatic nitrogens is 2. The van der Waals surface area contributed by atoms with Crippen LogP contribution in [-0.4, -0.2) is 35.2 Å². The maximum atomic E-state index is 13.6. The first-order valence-corrected chi connectivity index (χ1v) is 12.4. The van der Waals surface area contributed by atoms with Crippen LogP contribution in [0.25, 0.3) is 5.69 Å². The van der Waals surface area contributed by atoms with Gasteiger partial charge in [-0.25, -0.2) is 4.79 Å². The van der Waals surface area contributed by atoms with E-state index < -0.39 is 0 Å². The summed E-state index contributed by atoms with van der Waals surface area (Å²) in [5.74, 6) is 0.527. The zero-order valence-electron chi connectivity index (χ0n) is 21.4. The van der Waals surface area contributed by atoms with Crippen molar-refractivity contribution < 1.29 is 9.53 Å². The first-order chi connectivity index (χ1) is 17.3. The van der Waals surface area contributed by atoms with Gasteiger partial charge in [-0.1, -0.05) is 44.2 Å². The van der Waals surface area contributed by atoms with Gasteiger partial charge in [-0.15, -0.1) is 0 Å². The van der Waals surface area contributed by atoms with Gasteiger partial charge in [0.05, 0.1) is 24.2 Å². The highest BCUT2D eigenvalue weighted by atomic mass is 16.5. The number of carbonyl (C=O) groups is 1. The van der Waals surface area contributed by atoms with Crippen molar-refractivity contribution in [3.05, 3.63) is 81.1 Å². The predicted octanol–water partition coefficient (Wildman–Crippen LogP) is 3.83. The number of ether oxygens (including phenoxy) is 1. The Morgan fingerprint density at radius 2 is 1.67 bits per heavy atom. The summed E-state index contributed by atoms with van der Waals surface area (Å²) in [6, 6.07) is 16.7. The molecule has 0 saturated carbocycles. The third-order valence-corrected chi connectivity index (χ3v) is 6.66. The lowest BCUT2D eigenvalue weighted by molar-refractivity contribution is -0.120. The van der Waals surface area contributed by atoms with Gasteiger partial charge in [0.15, 0.2) is 0 Å². The first kappa shape index (κ1) is 25.3. The van der Waals surface area contributed by atoms with Crippen molar-refractivity contribution in [2.24, 2.45) is 11.8 Å². The van der Waals surface area contributed by atoms with E-state index in [0.29, 0.717) is 55.3 Å². The largest absolute Gasteiger partial charge is 0.495 e. The Morgan fingerprint density at radius 3 is 2.31 bits per heavy atom. The fourth-order valence-electron chi connectivity index (χ4n) is 4.86. The van der Waals surface area contributed by atoms with E-state index in [0.717, 1.165) is 5.69 Å². The van der Waals surface area contributed by atoms with E-state index >= 15 is 0 Å². The van der Waals surface area contributed by atoms with E-state index in [1.54, 1.807) is 11.7 Å². The molecule has 36 heavy (non-hydrogen) atoms. The Labute approximate surface area is 211 Å². The number of methoxy groups -OCH3 is 1. The molecule has 1 amide bonds. The summed E-state index contributed by atoms with van der Waals surface area (Å²) < 4.78 is 8.32. The lowest BCUT2D eigenvalue weighted by Gasteiger charge is -2.34. The zero-order valence-corrected chi connectivity index (χ0v) is 21.4. The molecule has 1 aliphatic rings. The van der Waals surface area contributed by atoms with Gasteiger partial charge >= 0.3 is 5.69 Å². The number of para-hydroxylation sites is 3. The Balaban J connectivity index is 1.61. The molecule has 0 atom stereocenters. The molecule has 1 aliphatic heterocycles. The molecule has 1 saturated heterocycles. The van der Waals surface area contributed by atoms with Crippen molar-refractivity contribution >= 4 is 17.3 Å². The maximum absolute atomic E-state index is 13.6. The van der Waals surface area contributed by atoms with E-state index in [1.165, 1.54) is 4.57 Å². The number of piperidine rings is 1. The number of amides is 1. The fraction of sp³-hybridized carbons (Fsp3) is 0.393. The van der Waals surface area contributed by atoms with Crippen molar-refractivity contribution in [3.63, 3.8) is 0 Å². The minimum Gasteiger partial charge on any atom is -0.495 e. The van der Waals surface area contributed by atoms with Crippen LogP contribution in [0.1, 0.15) is 32.4 Å². The van der Waals surface area contributed by atoms with Crippen LogP contribution in [-0.2, 0) is 11.3 Å². The summed E-state index contributed by atoms with van der Waals surface area (Å²) in [4.78, 5) is 42.0. The van der Waals surface area contributed by atoms with Gasteiger partial charge < -0.3 is 15.0 Å². The van der Waals surface area contributed by atoms with Gasteiger partial charge in [-0.3, -0.25) is 18.7 Å². The normalized spacial score (nSPS) is 14.2. The van der Waals surface area contributed by atoms with Crippen molar-refractivity contribution in [2.75, 3.05) is 30.4 Å². The molecule has 0 unspecified atom stereocenters. The van der Waals surface area contributed by atoms with Crippen LogP contribution in [0.15, 0.2) is 64.2 Å². The molecule has 0 spiro atoms. The van der Waals surface area contributed by atoms with Gasteiger partial charge in [-0.05, 0) is 49.9 Å². The highest BCUT2D eigenvalue weighted by Gasteiger charge is 2.29. The summed E-state index contributed by atoms with van der Waals surface area (Å²) in [5, 5.41) is 2.98. The Bertz CT molecular complexity index is 1340. The van der Waals surface area contributed by atoms with Crippen LogP contribution in [0.4, 0.5) is 11.4 Å². The monoisotopic (exact) mass is 490 g/mol. The van der Waals surface area contributed by atoms with E-state index in [2.05, 4.69) is 5.32 Å². The molecule has 1 fully saturated rings. The fourth-order valence-corrected chi connectivity index (χ4v) is 4.86. The third-order valence-electron chi connectivity index (χ3n) is 6.66. The summed E-state index contributed by atoms with van der Waals surface area (Å²) in [7, 11) is 1.58. The number of anilines is 2. The van der Waals surface area contributed by atoms with Gasteiger partial charge in [0.25, 0.3) is 5.56 Å². The van der Waals surface area contributed by atoms with Gasteiger partial charge in [0, 0.05) is 25.6 Å². The number of nitrogens with one attached hydrogen (secondary N) is 1. The molecule has 0 aliphatic carbocycles. The summed E-state index contributed by atoms with van der Waals surface area (Å²) in [6.45, 7) is 7.25. The number of carbonyl (C=O) groups excluding carboxylic acids is 1. The minimum atomic E-state index is -0.327. The lowest BCUT2D eigenvalue weighted by Crippen LogP contribution is -2.47. The molecule has 0 bridgehead atoms. The number of rotatable bonds is 7. The number of hydrogen-bond donors (Lipinski definition) is 1. The SMILES string of the molecule is COc1ccccc1NC(=O)C1CCN(c2c(C)n(-c3ccccc3)c(=O)n(CC(C)C)c2=O)CC1. The van der Waals surface area contributed by atoms with E-state index in [1.807, 2.05) is 80.3 Å². The molecule has 2 aromatic carbocycles. The summed E-state index contributed by atoms with van der Waals surface area (Å²) >= 11 is 0. The smallest absolute Gasteiger partial charge is 0.335 e. The van der Waals surface area contributed by atoms with Crippen LogP contribution in [0.3, 0.4) is 0 Å². The van der Waals surface area contributed by atoms with E-state index in [4.69, 9.17) is 4.74 Å². The summed E-state index contributed by atoms with van der Waals surface area (Å²) in [6.07, 6.45) is 1.21. The quantitative estimate of drug-likeness (QED) is 0.544. The molecule has 8 heteroatoms. The second kappa shape index (κ2) is 10.8. The number of nitrogens with zero attached hydrogens (tertiary/aromatic N) is 3. The molecule has 8 nitrogen and oxygen atoms in total. The highest BCUT2D eigenvalue weighted by molar-refractivity contribution is 5.94. The van der Waals surface area contributed by atoms with Crippen LogP contribution >= 0.6 is 0 Å². The average Bonchev–Trinajstić information content (AvgIpc) is 2.88. The zero-order chi connectivity index (χ0) is 25.8. The Kier molecular flexibility index (Phi) is 7.62. The van der Waals surface area contributed by atoms with Gasteiger partial charge in [-0.2, -0.15) is 0 Å². The maximum Gasteiger partial charge on any atom is 0.335 e. The van der Waals surface area contributed by atoms with Crippen molar-refractivity contribution in [3.8, 4) is 11.4 Å². The van der Waals surface area contributed by atoms with E-state index in [9.17, 15) is 14.4 Å². The molecule has 2 heterocycles. The Hall–Kier alpha value is -3.81. The molecule has 1 aromatic heterocycles. The van der Waals surface area contributed by atoms with E-state index in [-0.39, 0.29) is 29.0 Å². The molecular weight excluding hydrogens is 456 g/mol. The number of hydrogen-bond acceptors (Lipinski definition) is 5. The molecule has 190 valence electrons. The molecule has 3 aromatic rings. The first-order valence-electron chi connectivity index (χ1n) is 12.4. The lowest BCUT2D eigenvalue weighted by atomic mass is 9.95. The van der Waals surface area contributed by atoms with Crippen molar-refractivity contribution in [1.29, 1.82) is 0 Å². The predicted molar refractivity (Wildman–Crippen MR) is 142 cm³/mol. The second-order valence-corrected chi connectivity index (χ2v) is 9.65. The topological polar surface area (TPSA) is 85.6 Å². The van der Waals surface area contributed by atoms with Crippen molar-refractivity contribution in [2.45, 2.75) is 40.2 Å². The number of benzene rings is 2. The molecular formula is C28H34N4O4. The molecule has 4 rings (SSSR count). The van der Waals surface area contributed by atoms with Crippen LogP contribution in [0.5, 0.6) is 5.75 Å². The van der Waals surface area contributed by atoms with Crippen LogP contribution in [0.2, 0.25) is 0 Å². The second-order valence-electron chi connectivity index (χ2n) is 9.65. The van der Waals surface area contributed by atoms with Crippen molar-refractivity contribution in [1.82, 2.24) is 9.13 Å². The summed E-state index contributed by atoms with van der Waals surface area (Å²) in [5.41, 5.74) is 1.93.